The second kappa shape index (κ2) is 3.43. The molecule has 1 rings (SSSR count). The highest BCUT2D eigenvalue weighted by molar-refractivity contribution is 6.10. The number of carbonyl (C=O) groups excluding carboxylic acids is 2. The summed E-state index contributed by atoms with van der Waals surface area (Å²) in [6, 6.07) is 0. The van der Waals surface area contributed by atoms with Crippen LogP contribution >= 0.6 is 0 Å². The van der Waals surface area contributed by atoms with Crippen molar-refractivity contribution in [1.82, 2.24) is 0 Å². The third kappa shape index (κ3) is 1.77. The Bertz CT molecular complexity index is 312. The molecule has 4 heteroatoms. The van der Waals surface area contributed by atoms with Crippen LogP contribution in [0.2, 0.25) is 0 Å². The number of aliphatic hydroxyl groups excluding tert-OH is 1. The smallest absolute Gasteiger partial charge is 0.177 e. The van der Waals surface area contributed by atoms with Gasteiger partial charge in [-0.1, -0.05) is 0 Å². The van der Waals surface area contributed by atoms with Crippen LogP contribution in [0.25, 0.3) is 0 Å². The average Bonchev–Trinajstić information content (AvgIpc) is 2.01. The first-order chi connectivity index (χ1) is 6.06. The highest BCUT2D eigenvalue weighted by atomic mass is 16.5. The molecule has 0 spiro atoms. The number of ketones is 2. The van der Waals surface area contributed by atoms with Gasteiger partial charge in [0.2, 0.25) is 0 Å². The standard InChI is InChI=1S/C9H10O4/c1-5(10)9-7(12)3-6(11)4-8(9)13-2/h3-4,9,11H,1-2H3. The molecule has 1 aliphatic rings. The normalized spacial score (nSPS) is 22.0. The van der Waals surface area contributed by atoms with Gasteiger partial charge in [0.15, 0.2) is 5.78 Å². The van der Waals surface area contributed by atoms with Gasteiger partial charge >= 0.3 is 0 Å². The third-order valence-corrected chi connectivity index (χ3v) is 1.79. The molecule has 0 fully saturated rings. The molecule has 0 saturated carbocycles. The number of hydrogen-bond acceptors (Lipinski definition) is 4. The zero-order valence-electron chi connectivity index (χ0n) is 7.40. The molecule has 0 radical (unpaired) electrons. The summed E-state index contributed by atoms with van der Waals surface area (Å²) in [6.07, 6.45) is 2.29. The molecule has 0 aromatic heterocycles. The fourth-order valence-corrected chi connectivity index (χ4v) is 1.22. The van der Waals surface area contributed by atoms with E-state index in [1.807, 2.05) is 0 Å². The predicted molar refractivity (Wildman–Crippen MR) is 45.0 cm³/mol. The van der Waals surface area contributed by atoms with Gasteiger partial charge in [0.25, 0.3) is 0 Å². The number of carbonyl (C=O) groups is 2. The monoisotopic (exact) mass is 182 g/mol. The van der Waals surface area contributed by atoms with Crippen molar-refractivity contribution in [1.29, 1.82) is 0 Å². The highest BCUT2D eigenvalue weighted by Gasteiger charge is 2.30. The first-order valence-electron chi connectivity index (χ1n) is 3.76. The van der Waals surface area contributed by atoms with Crippen molar-refractivity contribution in [3.05, 3.63) is 23.7 Å². The number of rotatable bonds is 2. The van der Waals surface area contributed by atoms with Crippen molar-refractivity contribution in [3.63, 3.8) is 0 Å². The van der Waals surface area contributed by atoms with E-state index in [4.69, 9.17) is 9.84 Å². The number of hydrogen-bond donors (Lipinski definition) is 1. The molecule has 0 heterocycles. The summed E-state index contributed by atoms with van der Waals surface area (Å²) in [5.41, 5.74) is 0. The summed E-state index contributed by atoms with van der Waals surface area (Å²) in [6.45, 7) is 1.31. The SMILES string of the molecule is COC1=CC(O)=CC(=O)C1C(C)=O. The Balaban J connectivity index is 3.05. The molecule has 1 unspecified atom stereocenters. The number of allylic oxidation sites excluding steroid dienone is 3. The molecule has 0 aliphatic heterocycles. The van der Waals surface area contributed by atoms with E-state index in [9.17, 15) is 9.59 Å². The van der Waals surface area contributed by atoms with Crippen LogP contribution in [-0.2, 0) is 14.3 Å². The minimum absolute atomic E-state index is 0.181. The lowest BCUT2D eigenvalue weighted by Gasteiger charge is -2.17. The van der Waals surface area contributed by atoms with E-state index in [1.165, 1.54) is 20.1 Å². The highest BCUT2D eigenvalue weighted by Crippen LogP contribution is 2.21. The molecule has 1 N–H and O–H groups in total. The van der Waals surface area contributed by atoms with E-state index >= 15 is 0 Å². The molecular formula is C9H10O4. The van der Waals surface area contributed by atoms with Gasteiger partial charge in [0.05, 0.1) is 7.11 Å². The molecule has 0 saturated heterocycles. The number of methoxy groups -OCH3 is 1. The fourth-order valence-electron chi connectivity index (χ4n) is 1.22. The molecule has 1 aliphatic carbocycles. The van der Waals surface area contributed by atoms with Crippen molar-refractivity contribution >= 4 is 11.6 Å². The molecule has 0 aromatic carbocycles. The largest absolute Gasteiger partial charge is 0.508 e. The molecule has 0 amide bonds. The lowest BCUT2D eigenvalue weighted by Crippen LogP contribution is -2.26. The molecule has 4 nitrogen and oxygen atoms in total. The van der Waals surface area contributed by atoms with Gasteiger partial charge in [0.1, 0.15) is 23.2 Å². The van der Waals surface area contributed by atoms with Crippen LogP contribution in [0.4, 0.5) is 0 Å². The second-order valence-electron chi connectivity index (χ2n) is 2.77. The van der Waals surface area contributed by atoms with Crippen LogP contribution in [0.1, 0.15) is 6.92 Å². The summed E-state index contributed by atoms with van der Waals surface area (Å²) in [5, 5.41) is 9.05. The van der Waals surface area contributed by atoms with Gasteiger partial charge in [-0.2, -0.15) is 0 Å². The Hall–Kier alpha value is -1.58. The van der Waals surface area contributed by atoms with Gasteiger partial charge in [-0.05, 0) is 6.92 Å². The first-order valence-corrected chi connectivity index (χ1v) is 3.76. The number of ether oxygens (including phenoxy) is 1. The molecule has 0 bridgehead atoms. The van der Waals surface area contributed by atoms with Gasteiger partial charge in [0, 0.05) is 12.2 Å². The Morgan fingerprint density at radius 3 is 2.62 bits per heavy atom. The van der Waals surface area contributed by atoms with Crippen molar-refractivity contribution in [2.45, 2.75) is 6.92 Å². The Labute approximate surface area is 75.5 Å². The summed E-state index contributed by atoms with van der Waals surface area (Å²) in [7, 11) is 1.35. The van der Waals surface area contributed by atoms with Crippen molar-refractivity contribution in [3.8, 4) is 0 Å². The predicted octanol–water partition coefficient (Wildman–Crippen LogP) is 0.746. The van der Waals surface area contributed by atoms with Gasteiger partial charge < -0.3 is 9.84 Å². The van der Waals surface area contributed by atoms with E-state index in [0.717, 1.165) is 6.08 Å². The Kier molecular flexibility index (Phi) is 2.51. The summed E-state index contributed by atoms with van der Waals surface area (Å²) in [5.74, 6) is -1.61. The quantitative estimate of drug-likeness (QED) is 0.640. The maximum Gasteiger partial charge on any atom is 0.177 e. The fraction of sp³-hybridized carbons (Fsp3) is 0.333. The van der Waals surface area contributed by atoms with Crippen LogP contribution in [0.5, 0.6) is 0 Å². The lowest BCUT2D eigenvalue weighted by atomic mass is 9.93. The van der Waals surface area contributed by atoms with Crippen molar-refractivity contribution < 1.29 is 19.4 Å². The third-order valence-electron chi connectivity index (χ3n) is 1.79. The Morgan fingerprint density at radius 1 is 1.54 bits per heavy atom. The van der Waals surface area contributed by atoms with E-state index in [2.05, 4.69) is 0 Å². The zero-order chi connectivity index (χ0) is 10.0. The molecule has 1 atom stereocenters. The molecule has 13 heavy (non-hydrogen) atoms. The summed E-state index contributed by atoms with van der Waals surface area (Å²) < 4.78 is 4.82. The molecular weight excluding hydrogens is 172 g/mol. The minimum Gasteiger partial charge on any atom is -0.508 e. The Morgan fingerprint density at radius 2 is 2.15 bits per heavy atom. The topological polar surface area (TPSA) is 63.6 Å². The average molecular weight is 182 g/mol. The second-order valence-corrected chi connectivity index (χ2v) is 2.77. The zero-order valence-corrected chi connectivity index (χ0v) is 7.40. The number of Topliss-reactive ketones (excluding diaryl/α,β-unsaturated/α-hetero) is 1. The van der Waals surface area contributed by atoms with Gasteiger partial charge in [-0.15, -0.1) is 0 Å². The van der Waals surface area contributed by atoms with E-state index in [0.29, 0.717) is 0 Å². The molecule has 0 aromatic rings. The van der Waals surface area contributed by atoms with E-state index in [-0.39, 0.29) is 17.3 Å². The number of aliphatic hydroxyl groups is 1. The lowest BCUT2D eigenvalue weighted by molar-refractivity contribution is -0.128. The van der Waals surface area contributed by atoms with E-state index in [1.54, 1.807) is 0 Å². The summed E-state index contributed by atoms with van der Waals surface area (Å²) in [4.78, 5) is 22.3. The van der Waals surface area contributed by atoms with Gasteiger partial charge in [-0.3, -0.25) is 9.59 Å². The maximum absolute atomic E-state index is 11.2. The van der Waals surface area contributed by atoms with Crippen LogP contribution in [0, 0.1) is 5.92 Å². The minimum atomic E-state index is -0.888. The van der Waals surface area contributed by atoms with Crippen LogP contribution in [-0.4, -0.2) is 23.8 Å². The van der Waals surface area contributed by atoms with Crippen LogP contribution in [0.3, 0.4) is 0 Å². The van der Waals surface area contributed by atoms with Crippen LogP contribution in [0.15, 0.2) is 23.7 Å². The maximum atomic E-state index is 11.2. The van der Waals surface area contributed by atoms with E-state index < -0.39 is 11.7 Å². The van der Waals surface area contributed by atoms with Gasteiger partial charge in [-0.25, -0.2) is 0 Å². The van der Waals surface area contributed by atoms with Crippen LogP contribution < -0.4 is 0 Å². The summed E-state index contributed by atoms with van der Waals surface area (Å²) >= 11 is 0. The first kappa shape index (κ1) is 9.51. The van der Waals surface area contributed by atoms with Crippen molar-refractivity contribution in [2.24, 2.45) is 5.92 Å². The molecule has 70 valence electrons. The van der Waals surface area contributed by atoms with Crippen molar-refractivity contribution in [2.75, 3.05) is 7.11 Å².